The summed E-state index contributed by atoms with van der Waals surface area (Å²) in [6.45, 7) is 0.484. The molecular weight excluding hydrogens is 231 g/mol. The summed E-state index contributed by atoms with van der Waals surface area (Å²) in [4.78, 5) is 0. The van der Waals surface area contributed by atoms with Crippen LogP contribution in [0.5, 0.6) is 5.75 Å². The highest BCUT2D eigenvalue weighted by molar-refractivity contribution is 5.45. The average molecular weight is 245 g/mol. The van der Waals surface area contributed by atoms with Crippen LogP contribution < -0.4 is 10.1 Å². The zero-order valence-electron chi connectivity index (χ0n) is 9.47. The lowest BCUT2D eigenvalue weighted by atomic mass is 9.98. The van der Waals surface area contributed by atoms with Gasteiger partial charge in [-0.3, -0.25) is 0 Å². The van der Waals surface area contributed by atoms with Gasteiger partial charge in [-0.25, -0.2) is 0 Å². The Kier molecular flexibility index (Phi) is 3.28. The Hall–Kier alpha value is -1.23. The van der Waals surface area contributed by atoms with Crippen LogP contribution in [0.2, 0.25) is 0 Å². The van der Waals surface area contributed by atoms with E-state index < -0.39 is 12.2 Å². The Morgan fingerprint density at radius 2 is 2.12 bits per heavy atom. The maximum absolute atomic E-state index is 12.9. The fourth-order valence-corrected chi connectivity index (χ4v) is 2.14. The molecule has 0 amide bonds. The Bertz CT molecular complexity index is 403. The van der Waals surface area contributed by atoms with Crippen molar-refractivity contribution in [3.05, 3.63) is 29.3 Å². The number of hydrogen-bond donors (Lipinski definition) is 1. The molecule has 94 valence electrons. The lowest BCUT2D eigenvalue weighted by Gasteiger charge is -2.26. The van der Waals surface area contributed by atoms with E-state index in [0.29, 0.717) is 12.4 Å². The molecule has 1 aromatic carbocycles. The summed E-state index contributed by atoms with van der Waals surface area (Å²) < 4.78 is 44.0. The Labute approximate surface area is 97.8 Å². The Morgan fingerprint density at radius 1 is 1.35 bits per heavy atom. The number of benzene rings is 1. The molecule has 0 bridgehead atoms. The smallest absolute Gasteiger partial charge is 0.408 e. The van der Waals surface area contributed by atoms with Gasteiger partial charge in [0.25, 0.3) is 0 Å². The largest absolute Gasteiger partial charge is 0.493 e. The van der Waals surface area contributed by atoms with Crippen LogP contribution in [0.4, 0.5) is 13.2 Å². The summed E-state index contributed by atoms with van der Waals surface area (Å²) in [6, 6.07) is 3.27. The monoisotopic (exact) mass is 245 g/mol. The van der Waals surface area contributed by atoms with Crippen molar-refractivity contribution in [1.82, 2.24) is 5.32 Å². The van der Waals surface area contributed by atoms with E-state index in [9.17, 15) is 13.2 Å². The number of alkyl halides is 3. The molecule has 0 fully saturated rings. The second-order valence-corrected chi connectivity index (χ2v) is 4.05. The second-order valence-electron chi connectivity index (χ2n) is 4.05. The minimum Gasteiger partial charge on any atom is -0.493 e. The third-order valence-corrected chi connectivity index (χ3v) is 2.89. The van der Waals surface area contributed by atoms with Gasteiger partial charge in [0.15, 0.2) is 0 Å². The van der Waals surface area contributed by atoms with E-state index in [-0.39, 0.29) is 5.56 Å². The molecule has 0 aliphatic carbocycles. The van der Waals surface area contributed by atoms with E-state index in [2.05, 4.69) is 5.32 Å². The van der Waals surface area contributed by atoms with Crippen LogP contribution in [0.25, 0.3) is 0 Å². The molecule has 0 spiro atoms. The van der Waals surface area contributed by atoms with Crippen molar-refractivity contribution in [2.24, 2.45) is 0 Å². The maximum atomic E-state index is 12.9. The molecule has 1 aliphatic heterocycles. The third kappa shape index (κ3) is 2.39. The van der Waals surface area contributed by atoms with Crippen LogP contribution in [0, 0.1) is 0 Å². The number of aryl methyl sites for hydroxylation is 1. The summed E-state index contributed by atoms with van der Waals surface area (Å²) in [5, 5.41) is 2.30. The standard InChI is InChI=1S/C12H14F3NO/c1-16-11(12(13,14)15)9-6-2-4-8-5-3-7-17-10(8)9/h2,4,6,11,16H,3,5,7H2,1H3. The number of halogens is 3. The zero-order valence-corrected chi connectivity index (χ0v) is 9.47. The summed E-state index contributed by atoms with van der Waals surface area (Å²) >= 11 is 0. The first-order chi connectivity index (χ1) is 8.04. The van der Waals surface area contributed by atoms with Gasteiger partial charge in [0.1, 0.15) is 11.8 Å². The first-order valence-corrected chi connectivity index (χ1v) is 5.52. The molecule has 2 nitrogen and oxygen atoms in total. The number of nitrogens with one attached hydrogen (secondary N) is 1. The first-order valence-electron chi connectivity index (χ1n) is 5.52. The predicted octanol–water partition coefficient (Wildman–Crippen LogP) is 2.83. The van der Waals surface area contributed by atoms with Crippen molar-refractivity contribution in [2.75, 3.05) is 13.7 Å². The minimum absolute atomic E-state index is 0.178. The van der Waals surface area contributed by atoms with Crippen molar-refractivity contribution in [3.63, 3.8) is 0 Å². The van der Waals surface area contributed by atoms with Crippen LogP contribution >= 0.6 is 0 Å². The molecule has 1 aromatic rings. The molecule has 0 aromatic heterocycles. The van der Waals surface area contributed by atoms with E-state index in [4.69, 9.17) is 4.74 Å². The quantitative estimate of drug-likeness (QED) is 0.865. The number of hydrogen-bond acceptors (Lipinski definition) is 2. The summed E-state index contributed by atoms with van der Waals surface area (Å²) in [7, 11) is 1.31. The SMILES string of the molecule is CNC(c1cccc2c1OCCC2)C(F)(F)F. The van der Waals surface area contributed by atoms with Gasteiger partial charge in [-0.15, -0.1) is 0 Å². The summed E-state index contributed by atoms with van der Waals surface area (Å²) in [5.41, 5.74) is 1.04. The fourth-order valence-electron chi connectivity index (χ4n) is 2.14. The van der Waals surface area contributed by atoms with Crippen molar-refractivity contribution in [1.29, 1.82) is 0 Å². The van der Waals surface area contributed by atoms with Gasteiger partial charge in [0, 0.05) is 5.56 Å². The summed E-state index contributed by atoms with van der Waals surface area (Å²) in [5.74, 6) is 0.399. The van der Waals surface area contributed by atoms with Crippen LogP contribution in [0.15, 0.2) is 18.2 Å². The van der Waals surface area contributed by atoms with Gasteiger partial charge in [0.2, 0.25) is 0 Å². The van der Waals surface area contributed by atoms with E-state index in [1.807, 2.05) is 6.07 Å². The van der Waals surface area contributed by atoms with Gasteiger partial charge in [-0.05, 0) is 25.5 Å². The molecular formula is C12H14F3NO. The minimum atomic E-state index is -4.31. The number of fused-ring (bicyclic) bond motifs is 1. The van der Waals surface area contributed by atoms with Gasteiger partial charge in [0.05, 0.1) is 6.61 Å². The van der Waals surface area contributed by atoms with Gasteiger partial charge in [-0.1, -0.05) is 18.2 Å². The van der Waals surface area contributed by atoms with E-state index in [0.717, 1.165) is 18.4 Å². The van der Waals surface area contributed by atoms with Crippen molar-refractivity contribution in [2.45, 2.75) is 25.1 Å². The first kappa shape index (κ1) is 12.2. The topological polar surface area (TPSA) is 21.3 Å². The average Bonchev–Trinajstić information content (AvgIpc) is 2.28. The zero-order chi connectivity index (χ0) is 12.5. The highest BCUT2D eigenvalue weighted by Crippen LogP contribution is 2.39. The molecule has 0 saturated heterocycles. The van der Waals surface area contributed by atoms with E-state index in [1.54, 1.807) is 6.07 Å². The number of rotatable bonds is 2. The molecule has 1 atom stereocenters. The molecule has 0 radical (unpaired) electrons. The van der Waals surface area contributed by atoms with Crippen LogP contribution in [0.1, 0.15) is 23.6 Å². The van der Waals surface area contributed by atoms with Crippen LogP contribution in [-0.2, 0) is 6.42 Å². The number of ether oxygens (including phenoxy) is 1. The predicted molar refractivity (Wildman–Crippen MR) is 58.1 cm³/mol. The van der Waals surface area contributed by atoms with Gasteiger partial charge < -0.3 is 10.1 Å². The molecule has 1 N–H and O–H groups in total. The van der Waals surface area contributed by atoms with Crippen LogP contribution in [-0.4, -0.2) is 19.8 Å². The molecule has 2 rings (SSSR count). The summed E-state index contributed by atoms with van der Waals surface area (Å²) in [6.07, 6.45) is -2.69. The van der Waals surface area contributed by atoms with Gasteiger partial charge >= 0.3 is 6.18 Å². The Balaban J connectivity index is 2.44. The van der Waals surface area contributed by atoms with E-state index in [1.165, 1.54) is 13.1 Å². The van der Waals surface area contributed by atoms with Gasteiger partial charge in [-0.2, -0.15) is 13.2 Å². The van der Waals surface area contributed by atoms with E-state index >= 15 is 0 Å². The third-order valence-electron chi connectivity index (χ3n) is 2.89. The van der Waals surface area contributed by atoms with Crippen molar-refractivity contribution < 1.29 is 17.9 Å². The highest BCUT2D eigenvalue weighted by atomic mass is 19.4. The Morgan fingerprint density at radius 3 is 2.76 bits per heavy atom. The lowest BCUT2D eigenvalue weighted by molar-refractivity contribution is -0.156. The highest BCUT2D eigenvalue weighted by Gasteiger charge is 2.41. The lowest BCUT2D eigenvalue weighted by Crippen LogP contribution is -2.32. The fraction of sp³-hybridized carbons (Fsp3) is 0.500. The molecule has 17 heavy (non-hydrogen) atoms. The molecule has 0 saturated carbocycles. The maximum Gasteiger partial charge on any atom is 0.408 e. The molecule has 1 heterocycles. The number of para-hydroxylation sites is 1. The van der Waals surface area contributed by atoms with Crippen molar-refractivity contribution in [3.8, 4) is 5.75 Å². The molecule has 1 unspecified atom stereocenters. The van der Waals surface area contributed by atoms with Crippen LogP contribution in [0.3, 0.4) is 0 Å². The molecule has 1 aliphatic rings. The normalized spacial score (nSPS) is 17.2. The molecule has 5 heteroatoms. The van der Waals surface area contributed by atoms with Crippen molar-refractivity contribution >= 4 is 0 Å². The second kappa shape index (κ2) is 4.56.